The summed E-state index contributed by atoms with van der Waals surface area (Å²) in [5, 5.41) is 12.6. The summed E-state index contributed by atoms with van der Waals surface area (Å²) in [6.45, 7) is 0.209. The second kappa shape index (κ2) is 10.7. The Kier molecular flexibility index (Phi) is 7.72. The molecule has 3 aromatic carbocycles. The maximum atomic E-state index is 13.8. The lowest BCUT2D eigenvalue weighted by Crippen LogP contribution is -2.14. The van der Waals surface area contributed by atoms with Crippen molar-refractivity contribution >= 4 is 40.9 Å². The summed E-state index contributed by atoms with van der Waals surface area (Å²) < 4.78 is 25.0. The zero-order chi connectivity index (χ0) is 23.1. The predicted molar refractivity (Wildman–Crippen MR) is 122 cm³/mol. The van der Waals surface area contributed by atoms with E-state index in [0.29, 0.717) is 22.1 Å². The zero-order valence-corrected chi connectivity index (χ0v) is 18.4. The van der Waals surface area contributed by atoms with Crippen LogP contribution in [0.15, 0.2) is 66.2 Å². The quantitative estimate of drug-likeness (QED) is 0.326. The van der Waals surface area contributed by atoms with Crippen LogP contribution in [0.3, 0.4) is 0 Å². The molecule has 1 amide bonds. The molecule has 0 saturated heterocycles. The third-order valence-electron chi connectivity index (χ3n) is 4.32. The Balaban J connectivity index is 1.83. The SMILES string of the molecule is COc1cc(/C=C(\C#N)C(=O)Nc2ccccc2F)cc(Cl)c1OCc1cccc(Cl)c1. The molecule has 1 N–H and O–H groups in total. The fraction of sp³-hybridized carbons (Fsp3) is 0.0833. The van der Waals surface area contributed by atoms with Crippen molar-refractivity contribution in [2.45, 2.75) is 6.61 Å². The lowest BCUT2D eigenvalue weighted by molar-refractivity contribution is -0.112. The lowest BCUT2D eigenvalue weighted by atomic mass is 10.1. The molecule has 8 heteroatoms. The minimum absolute atomic E-state index is 0.0287. The highest BCUT2D eigenvalue weighted by Crippen LogP contribution is 2.37. The molecule has 3 rings (SSSR count). The van der Waals surface area contributed by atoms with Gasteiger partial charge in [-0.1, -0.05) is 47.5 Å². The van der Waals surface area contributed by atoms with Gasteiger partial charge in [0.15, 0.2) is 11.5 Å². The number of methoxy groups -OCH3 is 1. The van der Waals surface area contributed by atoms with Crippen molar-refractivity contribution in [3.63, 3.8) is 0 Å². The van der Waals surface area contributed by atoms with Crippen LogP contribution in [-0.2, 0) is 11.4 Å². The number of benzene rings is 3. The van der Waals surface area contributed by atoms with Crippen LogP contribution >= 0.6 is 23.2 Å². The Bertz CT molecular complexity index is 1220. The van der Waals surface area contributed by atoms with Crippen molar-refractivity contribution in [3.8, 4) is 17.6 Å². The highest BCUT2D eigenvalue weighted by atomic mass is 35.5. The second-order valence-electron chi connectivity index (χ2n) is 6.56. The van der Waals surface area contributed by atoms with E-state index in [2.05, 4.69) is 5.32 Å². The summed E-state index contributed by atoms with van der Waals surface area (Å²) in [6, 6.07) is 17.8. The van der Waals surface area contributed by atoms with Crippen LogP contribution in [0, 0.1) is 17.1 Å². The predicted octanol–water partition coefficient (Wildman–Crippen LogP) is 6.27. The van der Waals surface area contributed by atoms with Crippen molar-refractivity contribution < 1.29 is 18.7 Å². The van der Waals surface area contributed by atoms with E-state index in [-0.39, 0.29) is 22.9 Å². The van der Waals surface area contributed by atoms with Crippen molar-refractivity contribution in [2.75, 3.05) is 12.4 Å². The molecule has 0 unspecified atom stereocenters. The monoisotopic (exact) mass is 470 g/mol. The Hall–Kier alpha value is -3.53. The largest absolute Gasteiger partial charge is 0.493 e. The number of ether oxygens (including phenoxy) is 2. The summed E-state index contributed by atoms with van der Waals surface area (Å²) in [6.07, 6.45) is 1.32. The molecule has 0 fully saturated rings. The molecular weight excluding hydrogens is 454 g/mol. The fourth-order valence-electron chi connectivity index (χ4n) is 2.81. The van der Waals surface area contributed by atoms with E-state index in [1.165, 1.54) is 37.5 Å². The van der Waals surface area contributed by atoms with Gasteiger partial charge in [0.05, 0.1) is 17.8 Å². The van der Waals surface area contributed by atoms with Gasteiger partial charge in [0.25, 0.3) is 5.91 Å². The van der Waals surface area contributed by atoms with Crippen LogP contribution in [0.5, 0.6) is 11.5 Å². The second-order valence-corrected chi connectivity index (χ2v) is 7.40. The highest BCUT2D eigenvalue weighted by Gasteiger charge is 2.15. The van der Waals surface area contributed by atoms with Gasteiger partial charge in [0, 0.05) is 5.02 Å². The molecule has 0 aromatic heterocycles. The number of hydrogen-bond acceptors (Lipinski definition) is 4. The van der Waals surface area contributed by atoms with Gasteiger partial charge < -0.3 is 14.8 Å². The third-order valence-corrected chi connectivity index (χ3v) is 4.84. The molecule has 0 aliphatic heterocycles. The fourth-order valence-corrected chi connectivity index (χ4v) is 3.30. The average molecular weight is 471 g/mol. The molecule has 0 heterocycles. The van der Waals surface area contributed by atoms with Gasteiger partial charge >= 0.3 is 0 Å². The number of nitriles is 1. The number of carbonyl (C=O) groups excluding carboxylic acids is 1. The van der Waals surface area contributed by atoms with Gasteiger partial charge in [-0.15, -0.1) is 0 Å². The number of rotatable bonds is 7. The van der Waals surface area contributed by atoms with Crippen molar-refractivity contribution in [2.24, 2.45) is 0 Å². The third kappa shape index (κ3) is 5.79. The van der Waals surface area contributed by atoms with E-state index >= 15 is 0 Å². The average Bonchev–Trinajstić information content (AvgIpc) is 2.77. The Morgan fingerprint density at radius 1 is 1.16 bits per heavy atom. The van der Waals surface area contributed by atoms with Crippen molar-refractivity contribution in [1.82, 2.24) is 0 Å². The molecule has 0 aliphatic carbocycles. The van der Waals surface area contributed by atoms with Crippen molar-refractivity contribution in [1.29, 1.82) is 5.26 Å². The van der Waals surface area contributed by atoms with E-state index in [1.807, 2.05) is 18.2 Å². The summed E-state index contributed by atoms with van der Waals surface area (Å²) in [4.78, 5) is 12.4. The number of amides is 1. The molecule has 0 aliphatic rings. The van der Waals surface area contributed by atoms with Gasteiger partial charge in [0.2, 0.25) is 0 Å². The number of anilines is 1. The lowest BCUT2D eigenvalue weighted by Gasteiger charge is -2.14. The maximum Gasteiger partial charge on any atom is 0.266 e. The highest BCUT2D eigenvalue weighted by molar-refractivity contribution is 6.32. The van der Waals surface area contributed by atoms with Gasteiger partial charge in [-0.25, -0.2) is 4.39 Å². The van der Waals surface area contributed by atoms with Gasteiger partial charge in [-0.3, -0.25) is 4.79 Å². The topological polar surface area (TPSA) is 71.3 Å². The first kappa shape index (κ1) is 23.1. The molecule has 0 radical (unpaired) electrons. The van der Waals surface area contributed by atoms with E-state index in [9.17, 15) is 14.4 Å². The molecular formula is C24H17Cl2FN2O3. The van der Waals surface area contributed by atoms with E-state index in [4.69, 9.17) is 32.7 Å². The van der Waals surface area contributed by atoms with Crippen LogP contribution in [-0.4, -0.2) is 13.0 Å². The molecule has 0 spiro atoms. The smallest absolute Gasteiger partial charge is 0.266 e. The molecule has 0 atom stereocenters. The Morgan fingerprint density at radius 3 is 2.62 bits per heavy atom. The van der Waals surface area contributed by atoms with E-state index in [1.54, 1.807) is 24.3 Å². The number of carbonyl (C=O) groups is 1. The molecule has 5 nitrogen and oxygen atoms in total. The summed E-state index contributed by atoms with van der Waals surface area (Å²) in [5.41, 5.74) is 1.01. The Labute approximate surface area is 194 Å². The molecule has 0 saturated carbocycles. The van der Waals surface area contributed by atoms with E-state index < -0.39 is 11.7 Å². The number of halogens is 3. The minimum Gasteiger partial charge on any atom is -0.493 e. The molecule has 162 valence electrons. The van der Waals surface area contributed by atoms with E-state index in [0.717, 1.165) is 5.56 Å². The van der Waals surface area contributed by atoms with Crippen LogP contribution < -0.4 is 14.8 Å². The summed E-state index contributed by atoms with van der Waals surface area (Å²) in [7, 11) is 1.45. The normalized spacial score (nSPS) is 10.9. The van der Waals surface area contributed by atoms with Crippen molar-refractivity contribution in [3.05, 3.63) is 93.2 Å². The van der Waals surface area contributed by atoms with Gasteiger partial charge in [0.1, 0.15) is 24.1 Å². The first-order valence-electron chi connectivity index (χ1n) is 9.33. The maximum absolute atomic E-state index is 13.8. The number of hydrogen-bond donors (Lipinski definition) is 1. The molecule has 0 bridgehead atoms. The number of nitrogens with one attached hydrogen (secondary N) is 1. The van der Waals surface area contributed by atoms with Gasteiger partial charge in [-0.2, -0.15) is 5.26 Å². The zero-order valence-electron chi connectivity index (χ0n) is 16.9. The minimum atomic E-state index is -0.756. The van der Waals surface area contributed by atoms with Crippen LogP contribution in [0.4, 0.5) is 10.1 Å². The first-order valence-corrected chi connectivity index (χ1v) is 10.1. The Morgan fingerprint density at radius 2 is 1.94 bits per heavy atom. The summed E-state index contributed by atoms with van der Waals surface area (Å²) in [5.74, 6) is -0.740. The van der Waals surface area contributed by atoms with Gasteiger partial charge in [-0.05, 0) is 53.6 Å². The summed E-state index contributed by atoms with van der Waals surface area (Å²) >= 11 is 12.4. The number of para-hydroxylation sites is 1. The molecule has 32 heavy (non-hydrogen) atoms. The van der Waals surface area contributed by atoms with Crippen LogP contribution in [0.25, 0.3) is 6.08 Å². The van der Waals surface area contributed by atoms with Crippen LogP contribution in [0.2, 0.25) is 10.0 Å². The number of nitrogens with zero attached hydrogens (tertiary/aromatic N) is 1. The standard InChI is InChI=1S/C24H17Cl2FN2O3/c1-31-22-12-16(9-17(13-28)24(30)29-21-8-3-2-7-20(21)27)11-19(26)23(22)32-14-15-5-4-6-18(25)10-15/h2-12H,14H2,1H3,(H,29,30)/b17-9+. The molecule has 3 aromatic rings. The first-order chi connectivity index (χ1) is 15.4. The van der Waals surface area contributed by atoms with Crippen LogP contribution in [0.1, 0.15) is 11.1 Å².